The second kappa shape index (κ2) is 3.89. The van der Waals surface area contributed by atoms with Crippen molar-refractivity contribution in [2.24, 2.45) is 0 Å². The van der Waals surface area contributed by atoms with Gasteiger partial charge < -0.3 is 10.0 Å². The molecule has 4 nitrogen and oxygen atoms in total. The molecule has 1 amide bonds. The van der Waals surface area contributed by atoms with Crippen LogP contribution in [0.25, 0.3) is 0 Å². The zero-order valence-corrected chi connectivity index (χ0v) is 9.35. The highest BCUT2D eigenvalue weighted by atomic mass is 127. The number of nitrogens with zero attached hydrogens (tertiary/aromatic N) is 2. The van der Waals surface area contributed by atoms with E-state index < -0.39 is 0 Å². The van der Waals surface area contributed by atoms with Crippen molar-refractivity contribution in [1.82, 2.24) is 8.01 Å². The molecule has 1 heterocycles. The summed E-state index contributed by atoms with van der Waals surface area (Å²) in [7, 11) is 3.47. The standard InChI is InChI=1S/C7H13IN2O2/c1-9(2)7(12)6-3-5(11)4-10(6)8/h5-6,11H,3-4H2,1-2H3/t5-,6+/m1/s1. The van der Waals surface area contributed by atoms with E-state index in [1.165, 1.54) is 0 Å². The van der Waals surface area contributed by atoms with E-state index in [0.29, 0.717) is 13.0 Å². The van der Waals surface area contributed by atoms with E-state index in [0.717, 1.165) is 0 Å². The minimum atomic E-state index is -0.351. The number of aliphatic hydroxyl groups is 1. The molecule has 1 fully saturated rings. The van der Waals surface area contributed by atoms with Gasteiger partial charge in [-0.05, 0) is 6.42 Å². The fraction of sp³-hybridized carbons (Fsp3) is 0.857. The molecule has 5 heteroatoms. The fourth-order valence-corrected chi connectivity index (χ4v) is 2.21. The molecule has 1 saturated heterocycles. The van der Waals surface area contributed by atoms with Gasteiger partial charge in [0, 0.05) is 43.5 Å². The van der Waals surface area contributed by atoms with Crippen LogP contribution in [-0.4, -0.2) is 51.8 Å². The van der Waals surface area contributed by atoms with Gasteiger partial charge in [0.1, 0.15) is 6.04 Å². The molecule has 0 saturated carbocycles. The molecule has 0 aromatic heterocycles. The van der Waals surface area contributed by atoms with Crippen LogP contribution in [0.15, 0.2) is 0 Å². The van der Waals surface area contributed by atoms with Crippen LogP contribution in [0.4, 0.5) is 0 Å². The predicted octanol–water partition coefficient (Wildman–Crippen LogP) is -0.140. The lowest BCUT2D eigenvalue weighted by molar-refractivity contribution is -0.131. The number of aliphatic hydroxyl groups excluding tert-OH is 1. The van der Waals surface area contributed by atoms with E-state index in [9.17, 15) is 9.90 Å². The topological polar surface area (TPSA) is 43.8 Å². The van der Waals surface area contributed by atoms with Crippen molar-refractivity contribution in [2.45, 2.75) is 18.6 Å². The monoisotopic (exact) mass is 284 g/mol. The number of rotatable bonds is 1. The first-order valence-corrected chi connectivity index (χ1v) is 4.80. The number of hydrogen-bond acceptors (Lipinski definition) is 3. The highest BCUT2D eigenvalue weighted by Gasteiger charge is 2.35. The molecule has 70 valence electrons. The minimum absolute atomic E-state index is 0.0703. The molecular weight excluding hydrogens is 271 g/mol. The van der Waals surface area contributed by atoms with Crippen LogP contribution in [0.1, 0.15) is 6.42 Å². The predicted molar refractivity (Wildman–Crippen MR) is 53.8 cm³/mol. The van der Waals surface area contributed by atoms with E-state index in [-0.39, 0.29) is 18.1 Å². The molecule has 1 rings (SSSR count). The van der Waals surface area contributed by atoms with Crippen LogP contribution in [-0.2, 0) is 4.79 Å². The van der Waals surface area contributed by atoms with Gasteiger partial charge in [0.05, 0.1) is 6.10 Å². The molecule has 0 radical (unpaired) electrons. The Bertz CT molecular complexity index is 186. The Morgan fingerprint density at radius 3 is 2.58 bits per heavy atom. The third-order valence-electron chi connectivity index (χ3n) is 1.94. The summed E-state index contributed by atoms with van der Waals surface area (Å²) in [5.41, 5.74) is 0. The second-order valence-electron chi connectivity index (χ2n) is 3.22. The van der Waals surface area contributed by atoms with Crippen LogP contribution in [0.3, 0.4) is 0 Å². The van der Waals surface area contributed by atoms with Gasteiger partial charge in [0.2, 0.25) is 5.91 Å². The van der Waals surface area contributed by atoms with Gasteiger partial charge >= 0.3 is 0 Å². The number of carbonyl (C=O) groups is 1. The van der Waals surface area contributed by atoms with Crippen molar-refractivity contribution in [3.8, 4) is 0 Å². The third-order valence-corrected chi connectivity index (χ3v) is 3.01. The zero-order chi connectivity index (χ0) is 9.30. The quantitative estimate of drug-likeness (QED) is 0.538. The summed E-state index contributed by atoms with van der Waals surface area (Å²) in [5, 5.41) is 9.28. The van der Waals surface area contributed by atoms with Gasteiger partial charge in [-0.2, -0.15) is 0 Å². The minimum Gasteiger partial charge on any atom is -0.392 e. The number of amides is 1. The van der Waals surface area contributed by atoms with Crippen LogP contribution in [0.5, 0.6) is 0 Å². The summed E-state index contributed by atoms with van der Waals surface area (Å²) in [6.45, 7) is 0.588. The Hall–Kier alpha value is 0.120. The van der Waals surface area contributed by atoms with Gasteiger partial charge in [-0.3, -0.25) is 4.79 Å². The highest BCUT2D eigenvalue weighted by molar-refractivity contribution is 14.1. The molecule has 1 aliphatic rings. The average molecular weight is 284 g/mol. The van der Waals surface area contributed by atoms with Crippen molar-refractivity contribution >= 4 is 28.8 Å². The maximum absolute atomic E-state index is 11.5. The van der Waals surface area contributed by atoms with Crippen LogP contribution in [0, 0.1) is 0 Å². The molecule has 1 N–H and O–H groups in total. The smallest absolute Gasteiger partial charge is 0.240 e. The molecule has 0 bridgehead atoms. The number of hydrogen-bond donors (Lipinski definition) is 1. The number of likely N-dealkylation sites (N-methyl/N-ethyl adjacent to an activating group) is 1. The number of carbonyl (C=O) groups excluding carboxylic acids is 1. The lowest BCUT2D eigenvalue weighted by Gasteiger charge is -2.19. The van der Waals surface area contributed by atoms with Gasteiger partial charge in [0.15, 0.2) is 0 Å². The summed E-state index contributed by atoms with van der Waals surface area (Å²) in [4.78, 5) is 13.0. The van der Waals surface area contributed by atoms with Crippen LogP contribution >= 0.6 is 22.9 Å². The summed E-state index contributed by atoms with van der Waals surface area (Å²) in [6, 6.07) is -0.143. The van der Waals surface area contributed by atoms with Gasteiger partial charge in [-0.15, -0.1) is 0 Å². The average Bonchev–Trinajstić information content (AvgIpc) is 2.28. The fourth-order valence-electron chi connectivity index (χ4n) is 1.29. The van der Waals surface area contributed by atoms with E-state index in [1.807, 2.05) is 3.11 Å². The summed E-state index contributed by atoms with van der Waals surface area (Å²) in [5.74, 6) is 0.0703. The lowest BCUT2D eigenvalue weighted by atomic mass is 10.2. The first-order chi connectivity index (χ1) is 5.52. The Labute approximate surface area is 86.0 Å². The Morgan fingerprint density at radius 1 is 1.67 bits per heavy atom. The zero-order valence-electron chi connectivity index (χ0n) is 7.20. The SMILES string of the molecule is CN(C)C(=O)[C@@H]1C[C@@H](O)CN1I. The Kier molecular flexibility index (Phi) is 3.30. The summed E-state index contributed by atoms with van der Waals surface area (Å²) < 4.78 is 1.87. The Balaban J connectivity index is 2.58. The Morgan fingerprint density at radius 2 is 2.25 bits per heavy atom. The molecule has 0 aromatic carbocycles. The van der Waals surface area contributed by atoms with Crippen LogP contribution in [0.2, 0.25) is 0 Å². The molecule has 0 aromatic rings. The van der Waals surface area contributed by atoms with Crippen LogP contribution < -0.4 is 0 Å². The van der Waals surface area contributed by atoms with Crippen molar-refractivity contribution in [3.05, 3.63) is 0 Å². The highest BCUT2D eigenvalue weighted by Crippen LogP contribution is 2.22. The van der Waals surface area contributed by atoms with E-state index in [4.69, 9.17) is 0 Å². The maximum Gasteiger partial charge on any atom is 0.240 e. The number of β-amino-alcohol motifs (C(OH)–C–C–N with tert-alkyl or cyclic N) is 1. The van der Waals surface area contributed by atoms with Gasteiger partial charge in [-0.1, -0.05) is 0 Å². The third kappa shape index (κ3) is 2.08. The first kappa shape index (κ1) is 10.2. The maximum atomic E-state index is 11.5. The largest absolute Gasteiger partial charge is 0.392 e. The molecular formula is C7H13IN2O2. The normalized spacial score (nSPS) is 30.7. The van der Waals surface area contributed by atoms with E-state index in [1.54, 1.807) is 19.0 Å². The van der Waals surface area contributed by atoms with Crippen molar-refractivity contribution < 1.29 is 9.90 Å². The molecule has 0 spiro atoms. The molecule has 0 unspecified atom stereocenters. The second-order valence-corrected chi connectivity index (χ2v) is 4.46. The van der Waals surface area contributed by atoms with Gasteiger partial charge in [-0.25, -0.2) is 3.11 Å². The van der Waals surface area contributed by atoms with E-state index in [2.05, 4.69) is 22.9 Å². The first-order valence-electron chi connectivity index (χ1n) is 3.84. The summed E-state index contributed by atoms with van der Waals surface area (Å²) >= 11 is 2.08. The van der Waals surface area contributed by atoms with Crippen molar-refractivity contribution in [2.75, 3.05) is 20.6 Å². The summed E-state index contributed by atoms with van der Waals surface area (Å²) in [6.07, 6.45) is 0.204. The number of halogens is 1. The lowest BCUT2D eigenvalue weighted by Crippen LogP contribution is -2.38. The molecule has 0 aliphatic carbocycles. The molecule has 2 atom stereocenters. The van der Waals surface area contributed by atoms with Gasteiger partial charge in [0.25, 0.3) is 0 Å². The van der Waals surface area contributed by atoms with Crippen molar-refractivity contribution in [3.63, 3.8) is 0 Å². The molecule has 12 heavy (non-hydrogen) atoms. The van der Waals surface area contributed by atoms with Crippen molar-refractivity contribution in [1.29, 1.82) is 0 Å². The molecule has 1 aliphatic heterocycles. The van der Waals surface area contributed by atoms with E-state index >= 15 is 0 Å².